The van der Waals surface area contributed by atoms with Crippen LogP contribution in [0.25, 0.3) is 0 Å². The van der Waals surface area contributed by atoms with Crippen LogP contribution in [0.2, 0.25) is 0 Å². The van der Waals surface area contributed by atoms with Gasteiger partial charge in [0.05, 0.1) is 25.9 Å². The first kappa shape index (κ1) is 16.5. The van der Waals surface area contributed by atoms with Crippen molar-refractivity contribution in [2.75, 3.05) is 20.0 Å². The summed E-state index contributed by atoms with van der Waals surface area (Å²) in [6, 6.07) is 7.08. The molecular formula is C13H19NO5S. The molecule has 6 nitrogen and oxygen atoms in total. The van der Waals surface area contributed by atoms with Gasteiger partial charge in [-0.25, -0.2) is 13.1 Å². The third kappa shape index (κ3) is 5.18. The van der Waals surface area contributed by atoms with Crippen LogP contribution in [0.1, 0.15) is 12.5 Å². The van der Waals surface area contributed by atoms with Crippen LogP contribution in [0, 0.1) is 5.92 Å². The van der Waals surface area contributed by atoms with Crippen LogP contribution in [0.4, 0.5) is 0 Å². The molecule has 112 valence electrons. The molecular weight excluding hydrogens is 282 g/mol. The van der Waals surface area contributed by atoms with Crippen molar-refractivity contribution in [3.63, 3.8) is 0 Å². The Morgan fingerprint density at radius 3 is 2.65 bits per heavy atom. The van der Waals surface area contributed by atoms with Crippen LogP contribution in [-0.4, -0.2) is 34.4 Å². The summed E-state index contributed by atoms with van der Waals surface area (Å²) in [5.41, 5.74) is 0.777. The molecule has 0 aliphatic heterocycles. The lowest BCUT2D eigenvalue weighted by atomic mass is 10.2. The summed E-state index contributed by atoms with van der Waals surface area (Å²) < 4.78 is 35.7. The Hall–Kier alpha value is -1.60. The first-order valence-corrected chi connectivity index (χ1v) is 7.71. The van der Waals surface area contributed by atoms with Gasteiger partial charge in [-0.3, -0.25) is 4.79 Å². The number of hydrogen-bond acceptors (Lipinski definition) is 5. The number of carbonyl (C=O) groups is 1. The summed E-state index contributed by atoms with van der Waals surface area (Å²) in [5, 5.41) is 0. The number of rotatable bonds is 7. The Bertz CT molecular complexity index is 556. The summed E-state index contributed by atoms with van der Waals surface area (Å²) in [6.07, 6.45) is 0. The highest BCUT2D eigenvalue weighted by Gasteiger charge is 2.21. The van der Waals surface area contributed by atoms with Crippen LogP contribution in [0.15, 0.2) is 24.3 Å². The van der Waals surface area contributed by atoms with Crippen molar-refractivity contribution < 1.29 is 22.7 Å². The molecule has 0 saturated heterocycles. The van der Waals surface area contributed by atoms with Crippen molar-refractivity contribution in [1.29, 1.82) is 0 Å². The van der Waals surface area contributed by atoms with Gasteiger partial charge in [0.2, 0.25) is 10.0 Å². The molecule has 0 heterocycles. The molecule has 1 unspecified atom stereocenters. The highest BCUT2D eigenvalue weighted by molar-refractivity contribution is 7.89. The maximum Gasteiger partial charge on any atom is 0.309 e. The second kappa shape index (κ2) is 7.25. The van der Waals surface area contributed by atoms with Crippen LogP contribution in [0.3, 0.4) is 0 Å². The van der Waals surface area contributed by atoms with E-state index in [-0.39, 0.29) is 12.3 Å². The summed E-state index contributed by atoms with van der Waals surface area (Å²) in [4.78, 5) is 11.2. The van der Waals surface area contributed by atoms with Gasteiger partial charge >= 0.3 is 5.97 Å². The van der Waals surface area contributed by atoms with Crippen LogP contribution in [0.5, 0.6) is 5.75 Å². The monoisotopic (exact) mass is 301 g/mol. The van der Waals surface area contributed by atoms with Crippen molar-refractivity contribution in [2.24, 2.45) is 5.92 Å². The predicted molar refractivity (Wildman–Crippen MR) is 74.8 cm³/mol. The summed E-state index contributed by atoms with van der Waals surface area (Å²) >= 11 is 0. The van der Waals surface area contributed by atoms with E-state index in [1.807, 2.05) is 0 Å². The molecule has 1 aromatic carbocycles. The summed E-state index contributed by atoms with van der Waals surface area (Å²) in [5.74, 6) is -0.895. The fraction of sp³-hybridized carbons (Fsp3) is 0.462. The van der Waals surface area contributed by atoms with Gasteiger partial charge in [0, 0.05) is 6.54 Å². The Morgan fingerprint density at radius 2 is 2.05 bits per heavy atom. The number of sulfonamides is 1. The van der Waals surface area contributed by atoms with Crippen molar-refractivity contribution in [2.45, 2.75) is 13.5 Å². The fourth-order valence-corrected chi connectivity index (χ4v) is 2.93. The van der Waals surface area contributed by atoms with Gasteiger partial charge in [0.15, 0.2) is 0 Å². The average molecular weight is 301 g/mol. The summed E-state index contributed by atoms with van der Waals surface area (Å²) in [6.45, 7) is 1.66. The first-order valence-electron chi connectivity index (χ1n) is 6.06. The zero-order chi connectivity index (χ0) is 15.2. The van der Waals surface area contributed by atoms with E-state index in [9.17, 15) is 13.2 Å². The molecule has 0 radical (unpaired) electrons. The van der Waals surface area contributed by atoms with Gasteiger partial charge in [-0.1, -0.05) is 19.1 Å². The second-order valence-electron chi connectivity index (χ2n) is 4.38. The lowest BCUT2D eigenvalue weighted by Gasteiger charge is -2.11. The van der Waals surface area contributed by atoms with Crippen LogP contribution in [-0.2, 0) is 26.1 Å². The average Bonchev–Trinajstić information content (AvgIpc) is 2.44. The molecule has 0 amide bonds. The molecule has 20 heavy (non-hydrogen) atoms. The first-order chi connectivity index (χ1) is 9.38. The van der Waals surface area contributed by atoms with Crippen LogP contribution >= 0.6 is 0 Å². The largest absolute Gasteiger partial charge is 0.497 e. The standard InChI is InChI=1S/C13H19NO5S/c1-10(13(15)19-3)9-20(16,17)14-8-11-5-4-6-12(7-11)18-2/h4-7,10,14H,8-9H2,1-3H3. The topological polar surface area (TPSA) is 81.7 Å². The van der Waals surface area contributed by atoms with E-state index in [1.165, 1.54) is 14.0 Å². The molecule has 1 atom stereocenters. The van der Waals surface area contributed by atoms with E-state index in [0.717, 1.165) is 5.56 Å². The Kier molecular flexibility index (Phi) is 5.97. The molecule has 0 saturated carbocycles. The van der Waals surface area contributed by atoms with E-state index in [2.05, 4.69) is 9.46 Å². The normalized spacial score (nSPS) is 12.8. The van der Waals surface area contributed by atoms with Crippen LogP contribution < -0.4 is 9.46 Å². The Morgan fingerprint density at radius 1 is 1.35 bits per heavy atom. The molecule has 1 aromatic rings. The lowest BCUT2D eigenvalue weighted by molar-refractivity contribution is -0.144. The lowest BCUT2D eigenvalue weighted by Crippen LogP contribution is -2.31. The van der Waals surface area contributed by atoms with Gasteiger partial charge in [-0.15, -0.1) is 0 Å². The molecule has 7 heteroatoms. The molecule has 1 N–H and O–H groups in total. The third-order valence-electron chi connectivity index (χ3n) is 2.70. The molecule has 0 aliphatic rings. The maximum atomic E-state index is 11.8. The second-order valence-corrected chi connectivity index (χ2v) is 6.23. The summed E-state index contributed by atoms with van der Waals surface area (Å²) in [7, 11) is -0.771. The third-order valence-corrected chi connectivity index (χ3v) is 4.23. The van der Waals surface area contributed by atoms with Crippen molar-refractivity contribution >= 4 is 16.0 Å². The van der Waals surface area contributed by atoms with E-state index in [4.69, 9.17) is 4.74 Å². The van der Waals surface area contributed by atoms with Gasteiger partial charge in [-0.05, 0) is 17.7 Å². The number of hydrogen-bond donors (Lipinski definition) is 1. The van der Waals surface area contributed by atoms with E-state index in [1.54, 1.807) is 31.4 Å². The van der Waals surface area contributed by atoms with Gasteiger partial charge < -0.3 is 9.47 Å². The smallest absolute Gasteiger partial charge is 0.309 e. The number of methoxy groups -OCH3 is 2. The highest BCUT2D eigenvalue weighted by atomic mass is 32.2. The zero-order valence-corrected chi connectivity index (χ0v) is 12.6. The minimum atomic E-state index is -3.55. The Labute approximate surface area is 119 Å². The minimum absolute atomic E-state index is 0.146. The number of ether oxygens (including phenoxy) is 2. The molecule has 0 fully saturated rings. The molecule has 1 rings (SSSR count). The fourth-order valence-electron chi connectivity index (χ4n) is 1.63. The number of nitrogens with one attached hydrogen (secondary N) is 1. The number of carbonyl (C=O) groups excluding carboxylic acids is 1. The molecule has 0 aromatic heterocycles. The Balaban J connectivity index is 2.61. The highest BCUT2D eigenvalue weighted by Crippen LogP contribution is 2.12. The molecule has 0 bridgehead atoms. The zero-order valence-electron chi connectivity index (χ0n) is 11.8. The van der Waals surface area contributed by atoms with E-state index >= 15 is 0 Å². The van der Waals surface area contributed by atoms with Gasteiger partial charge in [0.1, 0.15) is 5.75 Å². The van der Waals surface area contributed by atoms with Gasteiger partial charge in [-0.2, -0.15) is 0 Å². The molecule has 0 spiro atoms. The molecule has 0 aliphatic carbocycles. The van der Waals surface area contributed by atoms with Crippen molar-refractivity contribution in [1.82, 2.24) is 4.72 Å². The van der Waals surface area contributed by atoms with E-state index in [0.29, 0.717) is 5.75 Å². The van der Waals surface area contributed by atoms with Crippen molar-refractivity contribution in [3.8, 4) is 5.75 Å². The quantitative estimate of drug-likeness (QED) is 0.757. The van der Waals surface area contributed by atoms with Crippen molar-refractivity contribution in [3.05, 3.63) is 29.8 Å². The predicted octanol–water partition coefficient (Wildman–Crippen LogP) is 0.924. The number of esters is 1. The van der Waals surface area contributed by atoms with Gasteiger partial charge in [0.25, 0.3) is 0 Å². The number of benzene rings is 1. The minimum Gasteiger partial charge on any atom is -0.497 e. The SMILES string of the molecule is COC(=O)C(C)CS(=O)(=O)NCc1cccc(OC)c1. The maximum absolute atomic E-state index is 11.8. The van der Waals surface area contributed by atoms with E-state index < -0.39 is 21.9 Å².